The molecule has 0 spiro atoms. The number of nitro groups is 1. The van der Waals surface area contributed by atoms with Gasteiger partial charge in [-0.05, 0) is 18.4 Å². The summed E-state index contributed by atoms with van der Waals surface area (Å²) in [4.78, 5) is 21.1. The van der Waals surface area contributed by atoms with Gasteiger partial charge in [0, 0.05) is 6.92 Å². The van der Waals surface area contributed by atoms with Crippen molar-refractivity contribution in [1.29, 1.82) is 0 Å². The lowest BCUT2D eigenvalue weighted by Gasteiger charge is -2.07. The van der Waals surface area contributed by atoms with E-state index in [1.165, 1.54) is 30.8 Å². The van der Waals surface area contributed by atoms with Crippen molar-refractivity contribution < 1.29 is 14.5 Å². The first-order valence-corrected chi connectivity index (χ1v) is 6.11. The molecule has 0 fully saturated rings. The molecule has 92 valence electrons. The maximum Gasteiger partial charge on any atom is 0.296 e. The predicted octanol–water partition coefficient (Wildman–Crippen LogP) is 2.25. The van der Waals surface area contributed by atoms with Crippen molar-refractivity contribution in [2.45, 2.75) is 6.92 Å². The van der Waals surface area contributed by atoms with E-state index in [1.54, 1.807) is 6.07 Å². The minimum absolute atomic E-state index is 0.166. The maximum absolute atomic E-state index is 10.9. The van der Waals surface area contributed by atoms with E-state index < -0.39 is 4.92 Å². The minimum atomic E-state index is -0.558. The second kappa shape index (κ2) is 6.09. The van der Waals surface area contributed by atoms with Gasteiger partial charge in [0.2, 0.25) is 5.91 Å². The molecule has 0 aliphatic heterocycles. The molecule has 0 heterocycles. The lowest BCUT2D eigenvalue weighted by atomic mass is 10.2. The number of rotatable bonds is 5. The molecule has 17 heavy (non-hydrogen) atoms. The molecule has 1 aromatic rings. The van der Waals surface area contributed by atoms with Gasteiger partial charge in [0.15, 0.2) is 0 Å². The fourth-order valence-corrected chi connectivity index (χ4v) is 1.43. The van der Waals surface area contributed by atoms with Crippen LogP contribution in [-0.4, -0.2) is 23.0 Å². The van der Waals surface area contributed by atoms with Crippen molar-refractivity contribution in [1.82, 2.24) is 0 Å². The van der Waals surface area contributed by atoms with E-state index in [0.717, 1.165) is 0 Å². The standard InChI is InChI=1S/C10H12N2O4S/c1-7(13)11-9-4-3-8(16-6-17-2)5-10(9)12(14)15/h3-5H,6H2,1-2H3,(H,11,13). The second-order valence-corrected chi connectivity index (χ2v) is 3.98. The number of hydrogen-bond donors (Lipinski definition) is 1. The van der Waals surface area contributed by atoms with Gasteiger partial charge in [-0.1, -0.05) is 0 Å². The first-order chi connectivity index (χ1) is 8.04. The first kappa shape index (κ1) is 13.3. The van der Waals surface area contributed by atoms with Crippen LogP contribution in [0.3, 0.4) is 0 Å². The summed E-state index contributed by atoms with van der Waals surface area (Å²) in [5, 5.41) is 13.2. The Morgan fingerprint density at radius 1 is 1.59 bits per heavy atom. The number of nitrogens with one attached hydrogen (secondary N) is 1. The summed E-state index contributed by atoms with van der Waals surface area (Å²) in [5.41, 5.74) is -0.0159. The van der Waals surface area contributed by atoms with Crippen molar-refractivity contribution in [3.05, 3.63) is 28.3 Å². The Labute approximate surface area is 102 Å². The molecular weight excluding hydrogens is 244 g/mol. The van der Waals surface area contributed by atoms with E-state index in [1.807, 2.05) is 6.26 Å². The van der Waals surface area contributed by atoms with Gasteiger partial charge in [0.05, 0.1) is 11.0 Å². The first-order valence-electron chi connectivity index (χ1n) is 4.72. The van der Waals surface area contributed by atoms with E-state index >= 15 is 0 Å². The third-order valence-electron chi connectivity index (χ3n) is 1.82. The van der Waals surface area contributed by atoms with Crippen molar-refractivity contribution in [3.63, 3.8) is 0 Å². The summed E-state index contributed by atoms with van der Waals surface area (Å²) in [6.07, 6.45) is 1.86. The maximum atomic E-state index is 10.9. The number of amides is 1. The molecule has 0 saturated carbocycles. The zero-order valence-electron chi connectivity index (χ0n) is 9.43. The van der Waals surface area contributed by atoms with Gasteiger partial charge in [0.25, 0.3) is 5.69 Å². The number of benzene rings is 1. The molecule has 7 heteroatoms. The van der Waals surface area contributed by atoms with Gasteiger partial charge < -0.3 is 10.1 Å². The monoisotopic (exact) mass is 256 g/mol. The van der Waals surface area contributed by atoms with Crippen LogP contribution in [0, 0.1) is 10.1 Å². The molecule has 0 aliphatic carbocycles. The Bertz CT molecular complexity index is 436. The predicted molar refractivity (Wildman–Crippen MR) is 66.4 cm³/mol. The van der Waals surface area contributed by atoms with E-state index in [4.69, 9.17) is 4.74 Å². The van der Waals surface area contributed by atoms with E-state index in [9.17, 15) is 14.9 Å². The number of carbonyl (C=O) groups excluding carboxylic acids is 1. The third kappa shape index (κ3) is 3.95. The summed E-state index contributed by atoms with van der Waals surface area (Å²) < 4.78 is 5.25. The number of nitro benzene ring substituents is 1. The Kier molecular flexibility index (Phi) is 4.77. The molecule has 1 amide bonds. The number of carbonyl (C=O) groups is 1. The second-order valence-electron chi connectivity index (χ2n) is 3.17. The van der Waals surface area contributed by atoms with Gasteiger partial charge in [-0.25, -0.2) is 0 Å². The molecule has 0 unspecified atom stereocenters. The lowest BCUT2D eigenvalue weighted by molar-refractivity contribution is -0.384. The Balaban J connectivity index is 2.99. The van der Waals surface area contributed by atoms with Crippen LogP contribution in [-0.2, 0) is 4.79 Å². The molecule has 0 saturated heterocycles. The number of ether oxygens (including phenoxy) is 1. The van der Waals surface area contributed by atoms with Gasteiger partial charge in [-0.3, -0.25) is 14.9 Å². The average molecular weight is 256 g/mol. The van der Waals surface area contributed by atoms with Gasteiger partial charge in [0.1, 0.15) is 17.4 Å². The summed E-state index contributed by atoms with van der Waals surface area (Å²) in [6.45, 7) is 1.29. The molecular formula is C10H12N2O4S. The minimum Gasteiger partial charge on any atom is -0.483 e. The number of nitrogens with zero attached hydrogens (tertiary/aromatic N) is 1. The number of anilines is 1. The summed E-state index contributed by atoms with van der Waals surface area (Å²) in [5.74, 6) is 0.461. The van der Waals surface area contributed by atoms with Crippen molar-refractivity contribution in [2.24, 2.45) is 0 Å². The summed E-state index contributed by atoms with van der Waals surface area (Å²) in [6, 6.07) is 4.32. The molecule has 1 aromatic carbocycles. The van der Waals surface area contributed by atoms with E-state index in [0.29, 0.717) is 11.7 Å². The molecule has 0 radical (unpaired) electrons. The molecule has 1 N–H and O–H groups in total. The van der Waals surface area contributed by atoms with Gasteiger partial charge in [-0.15, -0.1) is 11.8 Å². The van der Waals surface area contributed by atoms with Crippen LogP contribution in [0.15, 0.2) is 18.2 Å². The van der Waals surface area contributed by atoms with Crippen LogP contribution in [0.5, 0.6) is 5.75 Å². The van der Waals surface area contributed by atoms with Gasteiger partial charge in [-0.2, -0.15) is 0 Å². The summed E-state index contributed by atoms with van der Waals surface area (Å²) in [7, 11) is 0. The molecule has 1 rings (SSSR count). The molecule has 0 aromatic heterocycles. The zero-order chi connectivity index (χ0) is 12.8. The molecule has 0 bridgehead atoms. The molecule has 0 atom stereocenters. The third-order valence-corrected chi connectivity index (χ3v) is 2.17. The highest BCUT2D eigenvalue weighted by Gasteiger charge is 2.15. The number of hydrogen-bond acceptors (Lipinski definition) is 5. The fraction of sp³-hybridized carbons (Fsp3) is 0.300. The van der Waals surface area contributed by atoms with E-state index in [-0.39, 0.29) is 17.3 Å². The molecule has 6 nitrogen and oxygen atoms in total. The van der Waals surface area contributed by atoms with Crippen LogP contribution in [0.4, 0.5) is 11.4 Å². The molecule has 0 aliphatic rings. The zero-order valence-corrected chi connectivity index (χ0v) is 10.2. The Morgan fingerprint density at radius 2 is 2.29 bits per heavy atom. The topological polar surface area (TPSA) is 81.5 Å². The Hall–Kier alpha value is -1.76. The normalized spacial score (nSPS) is 9.76. The number of thioether (sulfide) groups is 1. The van der Waals surface area contributed by atoms with Crippen LogP contribution in [0.1, 0.15) is 6.92 Å². The lowest BCUT2D eigenvalue weighted by Crippen LogP contribution is -2.08. The summed E-state index contributed by atoms with van der Waals surface area (Å²) >= 11 is 1.46. The highest BCUT2D eigenvalue weighted by Crippen LogP contribution is 2.29. The van der Waals surface area contributed by atoms with Crippen LogP contribution in [0.2, 0.25) is 0 Å². The van der Waals surface area contributed by atoms with Crippen molar-refractivity contribution in [3.8, 4) is 5.75 Å². The fourth-order valence-electron chi connectivity index (χ4n) is 1.17. The highest BCUT2D eigenvalue weighted by molar-refractivity contribution is 7.98. The van der Waals surface area contributed by atoms with Crippen LogP contribution >= 0.6 is 11.8 Å². The average Bonchev–Trinajstić information content (AvgIpc) is 2.26. The Morgan fingerprint density at radius 3 is 2.82 bits per heavy atom. The smallest absolute Gasteiger partial charge is 0.296 e. The largest absolute Gasteiger partial charge is 0.483 e. The SMILES string of the molecule is CSCOc1ccc(NC(C)=O)c([N+](=O)[O-])c1. The van der Waals surface area contributed by atoms with Crippen LogP contribution < -0.4 is 10.1 Å². The highest BCUT2D eigenvalue weighted by atomic mass is 32.2. The van der Waals surface area contributed by atoms with Gasteiger partial charge >= 0.3 is 0 Å². The van der Waals surface area contributed by atoms with Crippen molar-refractivity contribution >= 4 is 29.0 Å². The van der Waals surface area contributed by atoms with Crippen LogP contribution in [0.25, 0.3) is 0 Å². The van der Waals surface area contributed by atoms with Crippen molar-refractivity contribution in [2.75, 3.05) is 17.5 Å². The quantitative estimate of drug-likeness (QED) is 0.496. The van der Waals surface area contributed by atoms with E-state index in [2.05, 4.69) is 5.32 Å².